The van der Waals surface area contributed by atoms with Gasteiger partial charge in [0.05, 0.1) is 16.5 Å². The molecule has 0 bridgehead atoms. The van der Waals surface area contributed by atoms with Crippen LogP contribution in [-0.4, -0.2) is 26.4 Å². The van der Waals surface area contributed by atoms with Crippen molar-refractivity contribution in [2.75, 3.05) is 11.1 Å². The second-order valence-corrected chi connectivity index (χ2v) is 6.57. The Bertz CT molecular complexity index is 702. The molecule has 24 heavy (non-hydrogen) atoms. The molecule has 1 aromatic heterocycles. The number of aromatic nitrogens is 3. The summed E-state index contributed by atoms with van der Waals surface area (Å²) in [4.78, 5) is 12.1. The smallest absolute Gasteiger partial charge is 0.234 e. The Labute approximate surface area is 151 Å². The number of allylic oxidation sites excluding steroid dienone is 1. The fourth-order valence-corrected chi connectivity index (χ4v) is 3.09. The van der Waals surface area contributed by atoms with Crippen molar-refractivity contribution in [2.24, 2.45) is 0 Å². The quantitative estimate of drug-likeness (QED) is 0.535. The highest BCUT2D eigenvalue weighted by Crippen LogP contribution is 2.22. The Kier molecular flexibility index (Phi) is 7.34. The summed E-state index contributed by atoms with van der Waals surface area (Å²) in [6.07, 6.45) is 4.85. The van der Waals surface area contributed by atoms with Gasteiger partial charge in [-0.25, -0.2) is 0 Å². The predicted octanol–water partition coefficient (Wildman–Crippen LogP) is 4.19. The van der Waals surface area contributed by atoms with E-state index in [0.29, 0.717) is 17.3 Å². The van der Waals surface area contributed by atoms with Gasteiger partial charge in [0.25, 0.3) is 0 Å². The SMILES string of the molecule is C=CCn1c(CCCC)nnc1SCC(=O)Nc1ccccc1Cl. The van der Waals surface area contributed by atoms with E-state index >= 15 is 0 Å². The Morgan fingerprint density at radius 1 is 1.42 bits per heavy atom. The zero-order valence-corrected chi connectivity index (χ0v) is 15.2. The van der Waals surface area contributed by atoms with Crippen molar-refractivity contribution in [3.63, 3.8) is 0 Å². The van der Waals surface area contributed by atoms with Crippen molar-refractivity contribution in [3.8, 4) is 0 Å². The highest BCUT2D eigenvalue weighted by atomic mass is 35.5. The normalized spacial score (nSPS) is 10.6. The number of amides is 1. The maximum atomic E-state index is 12.1. The van der Waals surface area contributed by atoms with Crippen molar-refractivity contribution in [1.82, 2.24) is 14.8 Å². The van der Waals surface area contributed by atoms with Crippen LogP contribution < -0.4 is 5.32 Å². The van der Waals surface area contributed by atoms with E-state index in [4.69, 9.17) is 11.6 Å². The van der Waals surface area contributed by atoms with Gasteiger partial charge < -0.3 is 9.88 Å². The van der Waals surface area contributed by atoms with E-state index < -0.39 is 0 Å². The number of nitrogens with zero attached hydrogens (tertiary/aromatic N) is 3. The molecule has 0 spiro atoms. The van der Waals surface area contributed by atoms with Crippen LogP contribution >= 0.6 is 23.4 Å². The molecule has 128 valence electrons. The van der Waals surface area contributed by atoms with Crippen LogP contribution in [0.4, 0.5) is 5.69 Å². The van der Waals surface area contributed by atoms with E-state index in [2.05, 4.69) is 29.0 Å². The van der Waals surface area contributed by atoms with E-state index in [1.807, 2.05) is 22.8 Å². The molecule has 1 N–H and O–H groups in total. The number of aryl methyl sites for hydroxylation is 1. The van der Waals surface area contributed by atoms with Crippen molar-refractivity contribution >= 4 is 35.0 Å². The number of nitrogens with one attached hydrogen (secondary N) is 1. The van der Waals surface area contributed by atoms with Crippen LogP contribution in [0.3, 0.4) is 0 Å². The number of rotatable bonds is 9. The third-order valence-electron chi connectivity index (χ3n) is 3.34. The number of para-hydroxylation sites is 1. The van der Waals surface area contributed by atoms with Crippen molar-refractivity contribution in [1.29, 1.82) is 0 Å². The van der Waals surface area contributed by atoms with Crippen LogP contribution in [0.1, 0.15) is 25.6 Å². The van der Waals surface area contributed by atoms with Gasteiger partial charge in [0.15, 0.2) is 5.16 Å². The third-order valence-corrected chi connectivity index (χ3v) is 4.64. The lowest BCUT2D eigenvalue weighted by Gasteiger charge is -2.08. The van der Waals surface area contributed by atoms with Gasteiger partial charge in [-0.05, 0) is 18.6 Å². The molecule has 0 aliphatic carbocycles. The predicted molar refractivity (Wildman–Crippen MR) is 99.6 cm³/mol. The summed E-state index contributed by atoms with van der Waals surface area (Å²) in [6, 6.07) is 7.16. The average Bonchev–Trinajstić information content (AvgIpc) is 2.95. The molecular weight excluding hydrogens is 344 g/mol. The van der Waals surface area contributed by atoms with E-state index in [0.717, 1.165) is 30.2 Å². The lowest BCUT2D eigenvalue weighted by molar-refractivity contribution is -0.113. The molecule has 5 nitrogen and oxygen atoms in total. The Morgan fingerprint density at radius 2 is 2.21 bits per heavy atom. The summed E-state index contributed by atoms with van der Waals surface area (Å²) in [5.74, 6) is 1.05. The first-order chi connectivity index (χ1) is 11.7. The number of hydrogen-bond donors (Lipinski definition) is 1. The standard InChI is InChI=1S/C17H21ClN4OS/c1-3-5-10-15-20-21-17(22(15)11-4-2)24-12-16(23)19-14-9-7-6-8-13(14)18/h4,6-9H,2-3,5,10-12H2,1H3,(H,19,23). The number of benzene rings is 1. The molecule has 0 saturated carbocycles. The van der Waals surface area contributed by atoms with Gasteiger partial charge in [-0.15, -0.1) is 16.8 Å². The molecule has 0 aliphatic rings. The summed E-state index contributed by atoms with van der Waals surface area (Å²) in [5, 5.41) is 12.5. The molecule has 0 radical (unpaired) electrons. The molecule has 0 unspecified atom stereocenters. The van der Waals surface area contributed by atoms with Crippen LogP contribution in [0, 0.1) is 0 Å². The lowest BCUT2D eigenvalue weighted by Crippen LogP contribution is -2.15. The summed E-state index contributed by atoms with van der Waals surface area (Å²) in [6.45, 7) is 6.56. The Hall–Kier alpha value is -1.79. The van der Waals surface area contributed by atoms with Crippen molar-refractivity contribution in [2.45, 2.75) is 37.9 Å². The van der Waals surface area contributed by atoms with Gasteiger partial charge in [-0.1, -0.05) is 54.9 Å². The molecular formula is C17H21ClN4OS. The van der Waals surface area contributed by atoms with Gasteiger partial charge in [-0.2, -0.15) is 0 Å². The van der Waals surface area contributed by atoms with E-state index in [9.17, 15) is 4.79 Å². The van der Waals surface area contributed by atoms with Gasteiger partial charge in [0.2, 0.25) is 5.91 Å². The first-order valence-electron chi connectivity index (χ1n) is 7.85. The maximum Gasteiger partial charge on any atom is 0.234 e. The van der Waals surface area contributed by atoms with Gasteiger partial charge in [0.1, 0.15) is 5.82 Å². The maximum absolute atomic E-state index is 12.1. The van der Waals surface area contributed by atoms with Crippen LogP contribution in [0.2, 0.25) is 5.02 Å². The van der Waals surface area contributed by atoms with Crippen LogP contribution in [0.5, 0.6) is 0 Å². The zero-order chi connectivity index (χ0) is 17.4. The minimum Gasteiger partial charge on any atom is -0.324 e. The zero-order valence-electron chi connectivity index (χ0n) is 13.7. The van der Waals surface area contributed by atoms with E-state index in [1.165, 1.54) is 11.8 Å². The number of anilines is 1. The molecule has 0 fully saturated rings. The molecule has 1 amide bonds. The molecule has 1 aromatic carbocycles. The monoisotopic (exact) mass is 364 g/mol. The fourth-order valence-electron chi connectivity index (χ4n) is 2.14. The topological polar surface area (TPSA) is 59.8 Å². The second-order valence-electron chi connectivity index (χ2n) is 5.22. The number of carbonyl (C=O) groups excluding carboxylic acids is 1. The van der Waals surface area contributed by atoms with Gasteiger partial charge >= 0.3 is 0 Å². The molecule has 2 rings (SSSR count). The minimum absolute atomic E-state index is 0.128. The minimum atomic E-state index is -0.128. The molecule has 0 atom stereocenters. The lowest BCUT2D eigenvalue weighted by atomic mass is 10.2. The molecule has 7 heteroatoms. The number of hydrogen-bond acceptors (Lipinski definition) is 4. The molecule has 2 aromatic rings. The molecule has 0 aliphatic heterocycles. The van der Waals surface area contributed by atoms with Crippen molar-refractivity contribution < 1.29 is 4.79 Å². The van der Waals surface area contributed by atoms with Crippen LogP contribution in [-0.2, 0) is 17.8 Å². The second kappa shape index (κ2) is 9.49. The van der Waals surface area contributed by atoms with Crippen LogP contribution in [0.25, 0.3) is 0 Å². The molecule has 0 saturated heterocycles. The summed E-state index contributed by atoms with van der Waals surface area (Å²) in [7, 11) is 0. The van der Waals surface area contributed by atoms with Crippen LogP contribution in [0.15, 0.2) is 42.1 Å². The highest BCUT2D eigenvalue weighted by Gasteiger charge is 2.13. The number of halogens is 1. The number of thioether (sulfide) groups is 1. The fraction of sp³-hybridized carbons (Fsp3) is 0.353. The summed E-state index contributed by atoms with van der Waals surface area (Å²) >= 11 is 7.41. The van der Waals surface area contributed by atoms with E-state index in [-0.39, 0.29) is 11.7 Å². The highest BCUT2D eigenvalue weighted by molar-refractivity contribution is 7.99. The number of carbonyl (C=O) groups is 1. The first kappa shape index (κ1) is 18.5. The molecule has 1 heterocycles. The summed E-state index contributed by atoms with van der Waals surface area (Å²) in [5.41, 5.74) is 0.612. The largest absolute Gasteiger partial charge is 0.324 e. The average molecular weight is 365 g/mol. The third kappa shape index (κ3) is 5.11. The van der Waals surface area contributed by atoms with Gasteiger partial charge in [-0.3, -0.25) is 4.79 Å². The summed E-state index contributed by atoms with van der Waals surface area (Å²) < 4.78 is 2.01. The Morgan fingerprint density at radius 3 is 2.92 bits per heavy atom. The number of unbranched alkanes of at least 4 members (excludes halogenated alkanes) is 1. The first-order valence-corrected chi connectivity index (χ1v) is 9.22. The Balaban J connectivity index is 1.98. The van der Waals surface area contributed by atoms with Gasteiger partial charge in [0, 0.05) is 13.0 Å². The van der Waals surface area contributed by atoms with E-state index in [1.54, 1.807) is 12.1 Å². The van der Waals surface area contributed by atoms with Crippen molar-refractivity contribution in [3.05, 3.63) is 47.8 Å².